The molecule has 1 aliphatic heterocycles. The summed E-state index contributed by atoms with van der Waals surface area (Å²) in [5, 5.41) is 29.4. The zero-order chi connectivity index (χ0) is 31.5. The van der Waals surface area contributed by atoms with Gasteiger partial charge in [-0.1, -0.05) is 80.6 Å². The van der Waals surface area contributed by atoms with Crippen LogP contribution < -0.4 is 11.1 Å². The molecule has 244 valence electrons. The molecule has 4 N–H and O–H groups in total. The molecule has 3 atom stereocenters. The minimum atomic E-state index is -0.715. The minimum Gasteiger partial charge on any atom is -0.481 e. The van der Waals surface area contributed by atoms with E-state index in [0.717, 1.165) is 49.5 Å². The van der Waals surface area contributed by atoms with Crippen LogP contribution in [0.1, 0.15) is 129 Å². The molecule has 0 aromatic heterocycles. The molecule has 0 spiro atoms. The quantitative estimate of drug-likeness (QED) is 0.214. The second kappa shape index (κ2) is 22.0. The molecule has 43 heavy (non-hydrogen) atoms. The van der Waals surface area contributed by atoms with Gasteiger partial charge in [-0.3, -0.25) is 9.59 Å². The molecule has 0 aromatic carbocycles. The van der Waals surface area contributed by atoms with Crippen LogP contribution in [0, 0.1) is 70.0 Å². The molecule has 1 heterocycles. The molecule has 1 saturated heterocycles. The first-order valence-corrected chi connectivity index (χ1v) is 18.5. The number of carbonyl (C=O) groups excluding carboxylic acids is 1. The molecule has 3 unspecified atom stereocenters. The lowest BCUT2D eigenvalue weighted by atomic mass is 9.74. The molecule has 8 heteroatoms. The Morgan fingerprint density at radius 1 is 0.930 bits per heavy atom. The fourth-order valence-electron chi connectivity index (χ4n) is 6.30. The fraction of sp³-hybridized carbons (Fsp3) is 0.886. The van der Waals surface area contributed by atoms with Crippen LogP contribution in [-0.4, -0.2) is 35.4 Å². The van der Waals surface area contributed by atoms with E-state index in [1.54, 1.807) is 0 Å². The predicted molar refractivity (Wildman–Crippen MR) is 176 cm³/mol. The number of carboxylic acid groups (broad SMARTS) is 1. The Bertz CT molecular complexity index is 865. The fourth-order valence-corrected chi connectivity index (χ4v) is 6.94. The summed E-state index contributed by atoms with van der Waals surface area (Å²) in [5.74, 6) is 4.83. The number of nitrogens with two attached hydrogens (primary N) is 1. The SMILES string of the molecule is BrCC1CCC1.CCC(C#N)C1CCC1.N#CCC1CCC1.NCC(CC(=O)O)C1CCC1.O=C1CC(C2CCC2)CN1. The van der Waals surface area contributed by atoms with Gasteiger partial charge in [0, 0.05) is 37.1 Å². The Morgan fingerprint density at radius 3 is 1.70 bits per heavy atom. The average Bonchev–Trinajstić information content (AvgIpc) is 3.27. The maximum atomic E-state index is 10.8. The molecular formula is C35H59BrN4O3. The third-order valence-corrected chi connectivity index (χ3v) is 11.7. The lowest BCUT2D eigenvalue weighted by Crippen LogP contribution is -2.30. The van der Waals surface area contributed by atoms with Crippen LogP contribution in [0.15, 0.2) is 0 Å². The van der Waals surface area contributed by atoms with Crippen LogP contribution in [0.2, 0.25) is 0 Å². The summed E-state index contributed by atoms with van der Waals surface area (Å²) in [6.45, 7) is 3.58. The molecule has 0 aromatic rings. The number of nitrogens with zero attached hydrogens (tertiary/aromatic N) is 2. The number of aliphatic carboxylic acids is 1. The lowest BCUT2D eigenvalue weighted by Gasteiger charge is -2.32. The van der Waals surface area contributed by atoms with E-state index in [4.69, 9.17) is 21.4 Å². The third kappa shape index (κ3) is 14.3. The van der Waals surface area contributed by atoms with Gasteiger partial charge in [-0.15, -0.1) is 0 Å². The number of alkyl halides is 1. The first kappa shape index (κ1) is 37.5. The molecule has 0 radical (unpaired) electrons. The Balaban J connectivity index is 0.000000190. The highest BCUT2D eigenvalue weighted by Gasteiger charge is 2.32. The Kier molecular flexibility index (Phi) is 19.2. The zero-order valence-corrected chi connectivity index (χ0v) is 28.4. The zero-order valence-electron chi connectivity index (χ0n) is 26.8. The van der Waals surface area contributed by atoms with Gasteiger partial charge in [0.1, 0.15) is 0 Å². The van der Waals surface area contributed by atoms with Crippen molar-refractivity contribution in [1.29, 1.82) is 10.5 Å². The monoisotopic (exact) mass is 662 g/mol. The van der Waals surface area contributed by atoms with Crippen LogP contribution in [0.4, 0.5) is 0 Å². The van der Waals surface area contributed by atoms with Gasteiger partial charge in [0.2, 0.25) is 5.91 Å². The van der Waals surface area contributed by atoms with Gasteiger partial charge < -0.3 is 16.2 Å². The minimum absolute atomic E-state index is 0.223. The highest BCUT2D eigenvalue weighted by Crippen LogP contribution is 2.37. The molecule has 6 rings (SSSR count). The number of hydrogen-bond acceptors (Lipinski definition) is 5. The smallest absolute Gasteiger partial charge is 0.303 e. The molecular weight excluding hydrogens is 604 g/mol. The summed E-state index contributed by atoms with van der Waals surface area (Å²) in [6, 6.07) is 4.52. The number of halogens is 1. The normalized spacial score (nSPS) is 24.4. The Morgan fingerprint density at radius 2 is 1.49 bits per heavy atom. The molecule has 6 fully saturated rings. The summed E-state index contributed by atoms with van der Waals surface area (Å²) in [5.41, 5.74) is 5.47. The number of nitriles is 2. The summed E-state index contributed by atoms with van der Waals surface area (Å²) < 4.78 is 0. The lowest BCUT2D eigenvalue weighted by molar-refractivity contribution is -0.138. The van der Waals surface area contributed by atoms with Crippen molar-refractivity contribution < 1.29 is 14.7 Å². The van der Waals surface area contributed by atoms with Crippen molar-refractivity contribution in [3.63, 3.8) is 0 Å². The topological polar surface area (TPSA) is 140 Å². The molecule has 5 aliphatic carbocycles. The van der Waals surface area contributed by atoms with Crippen molar-refractivity contribution in [2.24, 2.45) is 53.1 Å². The van der Waals surface area contributed by atoms with Gasteiger partial charge in [-0.2, -0.15) is 10.5 Å². The van der Waals surface area contributed by atoms with Gasteiger partial charge in [0.25, 0.3) is 0 Å². The predicted octanol–water partition coefficient (Wildman–Crippen LogP) is 7.98. The van der Waals surface area contributed by atoms with E-state index in [2.05, 4.69) is 40.3 Å². The van der Waals surface area contributed by atoms with Gasteiger partial charge in [-0.05, 0) is 92.9 Å². The second-order valence-corrected chi connectivity index (χ2v) is 14.3. The van der Waals surface area contributed by atoms with E-state index in [9.17, 15) is 9.59 Å². The van der Waals surface area contributed by atoms with Crippen molar-refractivity contribution >= 4 is 27.8 Å². The second-order valence-electron chi connectivity index (χ2n) is 13.7. The molecule has 5 saturated carbocycles. The molecule has 7 nitrogen and oxygen atoms in total. The maximum absolute atomic E-state index is 10.8. The van der Waals surface area contributed by atoms with Crippen LogP contribution in [0.3, 0.4) is 0 Å². The standard InChI is InChI=1S/C8H15NO2.C8H13NO.C8H13N.C6H9N.C5H9Br/c9-5-7(4-8(10)11)6-2-1-3-6;10-8-4-7(5-9-8)6-2-1-3-6;1-2-7(6-9)8-4-3-5-8;7-5-4-6-2-1-3-6;6-4-5-2-1-3-5/h6-7H,1-5,9H2,(H,10,11);6-7H,1-5H2,(H,9,10);7-8H,2-5H2,1H3;6H,1-4H2;5H,1-4H2. The molecule has 6 aliphatic rings. The summed E-state index contributed by atoms with van der Waals surface area (Å²) in [7, 11) is 0. The number of rotatable bonds is 9. The molecule has 1 amide bonds. The van der Waals surface area contributed by atoms with Gasteiger partial charge >= 0.3 is 5.97 Å². The largest absolute Gasteiger partial charge is 0.481 e. The van der Waals surface area contributed by atoms with Gasteiger partial charge in [0.15, 0.2) is 0 Å². The number of carbonyl (C=O) groups is 2. The van der Waals surface area contributed by atoms with E-state index in [-0.39, 0.29) is 18.2 Å². The Hall–Kier alpha value is -1.64. The van der Waals surface area contributed by atoms with Crippen LogP contribution in [-0.2, 0) is 9.59 Å². The maximum Gasteiger partial charge on any atom is 0.303 e. The van der Waals surface area contributed by atoms with Crippen molar-refractivity contribution in [1.82, 2.24) is 5.32 Å². The number of hydrogen-bond donors (Lipinski definition) is 3. The summed E-state index contributed by atoms with van der Waals surface area (Å²) >= 11 is 3.43. The third-order valence-electron chi connectivity index (χ3n) is 10.8. The van der Waals surface area contributed by atoms with Crippen molar-refractivity contribution in [3.8, 4) is 12.1 Å². The number of amides is 1. The van der Waals surface area contributed by atoms with Crippen molar-refractivity contribution in [2.75, 3.05) is 18.4 Å². The number of carboxylic acids is 1. The highest BCUT2D eigenvalue weighted by molar-refractivity contribution is 9.09. The van der Waals surface area contributed by atoms with E-state index in [1.165, 1.54) is 102 Å². The van der Waals surface area contributed by atoms with Crippen LogP contribution >= 0.6 is 15.9 Å². The number of nitrogens with one attached hydrogen (secondary N) is 1. The average molecular weight is 664 g/mol. The van der Waals surface area contributed by atoms with Gasteiger partial charge in [-0.25, -0.2) is 0 Å². The van der Waals surface area contributed by atoms with E-state index < -0.39 is 5.97 Å². The van der Waals surface area contributed by atoms with Crippen LogP contribution in [0.5, 0.6) is 0 Å². The van der Waals surface area contributed by atoms with Crippen molar-refractivity contribution in [2.45, 2.75) is 129 Å². The summed E-state index contributed by atoms with van der Waals surface area (Å²) in [6.07, 6.45) is 22.9. The van der Waals surface area contributed by atoms with Crippen LogP contribution in [0.25, 0.3) is 0 Å². The first-order valence-electron chi connectivity index (χ1n) is 17.4. The van der Waals surface area contributed by atoms with E-state index in [1.807, 2.05) is 0 Å². The molecule has 0 bridgehead atoms. The van der Waals surface area contributed by atoms with E-state index in [0.29, 0.717) is 24.3 Å². The van der Waals surface area contributed by atoms with E-state index >= 15 is 0 Å². The highest BCUT2D eigenvalue weighted by atomic mass is 79.9. The summed E-state index contributed by atoms with van der Waals surface area (Å²) in [4.78, 5) is 21.1. The Labute approximate surface area is 270 Å². The first-order chi connectivity index (χ1) is 20.8. The van der Waals surface area contributed by atoms with Gasteiger partial charge in [0.05, 0.1) is 12.1 Å². The van der Waals surface area contributed by atoms with Crippen molar-refractivity contribution in [3.05, 3.63) is 0 Å².